The van der Waals surface area contributed by atoms with Gasteiger partial charge in [0.15, 0.2) is 0 Å². The van der Waals surface area contributed by atoms with Crippen molar-refractivity contribution in [1.29, 1.82) is 0 Å². The molecule has 0 aliphatic heterocycles. The van der Waals surface area contributed by atoms with Crippen LogP contribution in [0.1, 0.15) is 22.3 Å². The van der Waals surface area contributed by atoms with E-state index in [4.69, 9.17) is 10.2 Å². The lowest BCUT2D eigenvalue weighted by molar-refractivity contribution is -0.145. The van der Waals surface area contributed by atoms with Crippen LogP contribution in [0.5, 0.6) is 0 Å². The van der Waals surface area contributed by atoms with Crippen molar-refractivity contribution in [3.63, 3.8) is 0 Å². The summed E-state index contributed by atoms with van der Waals surface area (Å²) >= 11 is 3.23. The summed E-state index contributed by atoms with van der Waals surface area (Å²) in [4.78, 5) is 33.2. The molecule has 3 N–H and O–H groups in total. The molecule has 0 saturated carbocycles. The minimum absolute atomic E-state index is 0.267. The van der Waals surface area contributed by atoms with Crippen LogP contribution in [0.25, 0.3) is 0 Å². The van der Waals surface area contributed by atoms with Crippen LogP contribution in [0, 0.1) is 6.92 Å². The molecule has 1 aromatic rings. The molecule has 0 aromatic heterocycles. The van der Waals surface area contributed by atoms with E-state index in [9.17, 15) is 14.4 Å². The molecule has 0 bridgehead atoms. The van der Waals surface area contributed by atoms with Gasteiger partial charge in [0.05, 0.1) is 6.42 Å². The molecule has 0 heterocycles. The average molecular weight is 330 g/mol. The zero-order chi connectivity index (χ0) is 14.6. The van der Waals surface area contributed by atoms with Gasteiger partial charge in [0.25, 0.3) is 5.91 Å². The quantitative estimate of drug-likeness (QED) is 0.757. The number of halogens is 1. The summed E-state index contributed by atoms with van der Waals surface area (Å²) in [6.45, 7) is 1.79. The van der Waals surface area contributed by atoms with Crippen LogP contribution in [0.4, 0.5) is 0 Å². The molecule has 0 aliphatic rings. The third-order valence-electron chi connectivity index (χ3n) is 2.29. The first-order valence-corrected chi connectivity index (χ1v) is 6.11. The molecule has 1 atom stereocenters. The molecule has 0 fully saturated rings. The van der Waals surface area contributed by atoms with Crippen LogP contribution in [0.3, 0.4) is 0 Å². The fourth-order valence-corrected chi connectivity index (χ4v) is 2.09. The number of carbonyl (C=O) groups is 3. The smallest absolute Gasteiger partial charge is 0.326 e. The Hall–Kier alpha value is -1.89. The van der Waals surface area contributed by atoms with Gasteiger partial charge in [-0.1, -0.05) is 15.9 Å². The van der Waals surface area contributed by atoms with Crippen molar-refractivity contribution in [2.45, 2.75) is 19.4 Å². The van der Waals surface area contributed by atoms with Gasteiger partial charge in [0.2, 0.25) is 0 Å². The number of aryl methyl sites for hydroxylation is 1. The molecule has 6 nitrogen and oxygen atoms in total. The predicted molar refractivity (Wildman–Crippen MR) is 70.0 cm³/mol. The summed E-state index contributed by atoms with van der Waals surface area (Å²) in [6.07, 6.45) is -0.673. The van der Waals surface area contributed by atoms with Crippen LogP contribution in [0.15, 0.2) is 22.7 Å². The standard InChI is InChI=1S/C12H12BrNO5/c1-6-2-7(4-8(13)3-6)11(17)14-9(12(18)19)5-10(15)16/h2-4,9H,5H2,1H3,(H,14,17)(H,15,16)(H,18,19). The monoisotopic (exact) mass is 329 g/mol. The van der Waals surface area contributed by atoms with Crippen molar-refractivity contribution >= 4 is 33.8 Å². The minimum Gasteiger partial charge on any atom is -0.481 e. The molecule has 102 valence electrons. The zero-order valence-electron chi connectivity index (χ0n) is 10.0. The highest BCUT2D eigenvalue weighted by Gasteiger charge is 2.23. The molecule has 19 heavy (non-hydrogen) atoms. The molecule has 1 amide bonds. The van der Waals surface area contributed by atoms with E-state index < -0.39 is 30.3 Å². The van der Waals surface area contributed by atoms with Crippen molar-refractivity contribution in [1.82, 2.24) is 5.32 Å². The highest BCUT2D eigenvalue weighted by Crippen LogP contribution is 2.15. The van der Waals surface area contributed by atoms with Gasteiger partial charge < -0.3 is 15.5 Å². The Balaban J connectivity index is 2.87. The number of amides is 1. The molecule has 7 heteroatoms. The predicted octanol–water partition coefficient (Wildman–Crippen LogP) is 1.42. The Labute approximate surface area is 117 Å². The minimum atomic E-state index is -1.45. The lowest BCUT2D eigenvalue weighted by Crippen LogP contribution is -2.42. The van der Waals surface area contributed by atoms with Crippen molar-refractivity contribution in [2.75, 3.05) is 0 Å². The Bertz CT molecular complexity index is 509. The Morgan fingerprint density at radius 3 is 2.37 bits per heavy atom. The molecule has 0 spiro atoms. The SMILES string of the molecule is Cc1cc(Br)cc(C(=O)NC(CC(=O)O)C(=O)O)c1. The molecular weight excluding hydrogens is 318 g/mol. The number of nitrogens with one attached hydrogen (secondary N) is 1. The Morgan fingerprint density at radius 1 is 1.26 bits per heavy atom. The number of hydrogen-bond donors (Lipinski definition) is 3. The lowest BCUT2D eigenvalue weighted by atomic mass is 10.1. The van der Waals surface area contributed by atoms with E-state index in [-0.39, 0.29) is 5.56 Å². The van der Waals surface area contributed by atoms with E-state index in [0.29, 0.717) is 4.47 Å². The topological polar surface area (TPSA) is 104 Å². The number of carbonyl (C=O) groups excluding carboxylic acids is 1. The molecule has 0 saturated heterocycles. The second-order valence-corrected chi connectivity index (χ2v) is 4.90. The molecular formula is C12H12BrNO5. The van der Waals surface area contributed by atoms with Crippen molar-refractivity contribution in [2.24, 2.45) is 0 Å². The molecule has 0 aliphatic carbocycles. The summed E-state index contributed by atoms with van der Waals surface area (Å²) in [5.74, 6) is -3.31. The van der Waals surface area contributed by atoms with Gasteiger partial charge >= 0.3 is 11.9 Å². The van der Waals surface area contributed by atoms with Gasteiger partial charge in [0.1, 0.15) is 6.04 Å². The summed E-state index contributed by atoms with van der Waals surface area (Å²) in [5, 5.41) is 19.6. The van der Waals surface area contributed by atoms with Crippen LogP contribution < -0.4 is 5.32 Å². The number of rotatable bonds is 5. The van der Waals surface area contributed by atoms with E-state index in [2.05, 4.69) is 21.2 Å². The molecule has 1 rings (SSSR count). The largest absolute Gasteiger partial charge is 0.481 e. The maximum absolute atomic E-state index is 11.9. The fraction of sp³-hybridized carbons (Fsp3) is 0.250. The number of carboxylic acid groups (broad SMARTS) is 2. The second-order valence-electron chi connectivity index (χ2n) is 3.98. The van der Waals surface area contributed by atoms with Gasteiger partial charge in [-0.15, -0.1) is 0 Å². The lowest BCUT2D eigenvalue weighted by Gasteiger charge is -2.12. The normalized spacial score (nSPS) is 11.7. The van der Waals surface area contributed by atoms with Crippen LogP contribution >= 0.6 is 15.9 Å². The Kier molecular flexibility index (Phi) is 5.05. The van der Waals surface area contributed by atoms with Crippen LogP contribution in [-0.2, 0) is 9.59 Å². The maximum Gasteiger partial charge on any atom is 0.326 e. The summed E-state index contributed by atoms with van der Waals surface area (Å²) < 4.78 is 0.683. The Morgan fingerprint density at radius 2 is 1.89 bits per heavy atom. The summed E-state index contributed by atoms with van der Waals surface area (Å²) in [7, 11) is 0. The van der Waals surface area contributed by atoms with Crippen LogP contribution in [-0.4, -0.2) is 34.1 Å². The third-order valence-corrected chi connectivity index (χ3v) is 2.74. The van der Waals surface area contributed by atoms with E-state index in [1.165, 1.54) is 6.07 Å². The van der Waals surface area contributed by atoms with E-state index in [1.54, 1.807) is 19.1 Å². The molecule has 1 aromatic carbocycles. The van der Waals surface area contributed by atoms with Crippen molar-refractivity contribution in [3.05, 3.63) is 33.8 Å². The molecule has 1 unspecified atom stereocenters. The second kappa shape index (κ2) is 6.33. The number of benzene rings is 1. The zero-order valence-corrected chi connectivity index (χ0v) is 11.6. The number of carboxylic acids is 2. The summed E-state index contributed by atoms with van der Waals surface area (Å²) in [5.41, 5.74) is 1.09. The first kappa shape index (κ1) is 15.2. The first-order valence-electron chi connectivity index (χ1n) is 5.32. The maximum atomic E-state index is 11.9. The van der Waals surface area contributed by atoms with Crippen LogP contribution in [0.2, 0.25) is 0 Å². The van der Waals surface area contributed by atoms with E-state index in [1.807, 2.05) is 0 Å². The van der Waals surface area contributed by atoms with Crippen molar-refractivity contribution < 1.29 is 24.6 Å². The van der Waals surface area contributed by atoms with Gasteiger partial charge in [-0.05, 0) is 30.7 Å². The number of aliphatic carboxylic acids is 2. The van der Waals surface area contributed by atoms with Gasteiger partial charge in [-0.25, -0.2) is 4.79 Å². The van der Waals surface area contributed by atoms with Gasteiger partial charge in [-0.3, -0.25) is 9.59 Å². The van der Waals surface area contributed by atoms with Gasteiger partial charge in [-0.2, -0.15) is 0 Å². The van der Waals surface area contributed by atoms with E-state index in [0.717, 1.165) is 5.56 Å². The average Bonchev–Trinajstić information content (AvgIpc) is 2.25. The highest BCUT2D eigenvalue weighted by molar-refractivity contribution is 9.10. The third kappa shape index (κ3) is 4.70. The fourth-order valence-electron chi connectivity index (χ4n) is 1.48. The first-order chi connectivity index (χ1) is 8.79. The number of hydrogen-bond acceptors (Lipinski definition) is 3. The molecule has 0 radical (unpaired) electrons. The van der Waals surface area contributed by atoms with Gasteiger partial charge in [0, 0.05) is 10.0 Å². The highest BCUT2D eigenvalue weighted by atomic mass is 79.9. The summed E-state index contributed by atoms with van der Waals surface area (Å²) in [6, 6.07) is 3.45. The van der Waals surface area contributed by atoms with E-state index >= 15 is 0 Å². The van der Waals surface area contributed by atoms with Crippen molar-refractivity contribution in [3.8, 4) is 0 Å².